The Balaban J connectivity index is 2.36. The number of rotatable bonds is 4. The van der Waals surface area contributed by atoms with Crippen LogP contribution in [0.15, 0.2) is 59.6 Å². The van der Waals surface area contributed by atoms with E-state index in [1.165, 1.54) is 0 Å². The Morgan fingerprint density at radius 1 is 1.08 bits per heavy atom. The number of carbonyl (C=O) groups is 2. The molecule has 0 fully saturated rings. The van der Waals surface area contributed by atoms with Gasteiger partial charge in [0.25, 0.3) is 0 Å². The van der Waals surface area contributed by atoms with Gasteiger partial charge in [0.2, 0.25) is 0 Å². The molecule has 0 saturated carbocycles. The summed E-state index contributed by atoms with van der Waals surface area (Å²) in [5.41, 5.74) is 1.95. The van der Waals surface area contributed by atoms with Gasteiger partial charge in [-0.05, 0) is 90.5 Å². The van der Waals surface area contributed by atoms with Crippen LogP contribution in [0.5, 0.6) is 0 Å². The second-order valence-electron chi connectivity index (χ2n) is 10.8. The zero-order valence-electron chi connectivity index (χ0n) is 22.7. The Labute approximate surface area is 219 Å². The Morgan fingerprint density at radius 3 is 2.28 bits per heavy atom. The highest BCUT2D eigenvalue weighted by Gasteiger charge is 2.40. The Bertz CT molecular complexity index is 1220. The van der Waals surface area contributed by atoms with Crippen molar-refractivity contribution in [2.75, 3.05) is 12.8 Å². The minimum Gasteiger partial charge on any atom is -0.444 e. The number of carbonyl (C=O) groups excluding carboxylic acids is 2. The highest BCUT2D eigenvalue weighted by molar-refractivity contribution is 7.98. The fraction of sp³-hybridized carbons (Fsp3) is 0.448. The van der Waals surface area contributed by atoms with Crippen LogP contribution in [0, 0.1) is 0 Å². The van der Waals surface area contributed by atoms with Crippen LogP contribution in [0.25, 0.3) is 10.9 Å². The number of allylic oxidation sites excluding steroid dienone is 3. The Kier molecular flexibility index (Phi) is 8.13. The van der Waals surface area contributed by atoms with Crippen LogP contribution >= 0.6 is 11.8 Å². The predicted molar refractivity (Wildman–Crippen MR) is 148 cm³/mol. The lowest BCUT2D eigenvalue weighted by Crippen LogP contribution is -2.44. The zero-order valence-corrected chi connectivity index (χ0v) is 23.5. The van der Waals surface area contributed by atoms with E-state index >= 15 is 0 Å². The van der Waals surface area contributed by atoms with E-state index in [1.54, 1.807) is 27.3 Å². The van der Waals surface area contributed by atoms with Crippen LogP contribution in [0.2, 0.25) is 0 Å². The smallest absolute Gasteiger partial charge is 0.419 e. The molecule has 1 unspecified atom stereocenters. The molecule has 1 atom stereocenters. The van der Waals surface area contributed by atoms with E-state index < -0.39 is 29.4 Å². The lowest BCUT2D eigenvalue weighted by molar-refractivity contribution is 0.0163. The van der Waals surface area contributed by atoms with Gasteiger partial charge in [0.15, 0.2) is 0 Å². The first-order chi connectivity index (χ1) is 16.8. The summed E-state index contributed by atoms with van der Waals surface area (Å²) in [5.74, 6) is 0. The number of ether oxygens (including phenoxy) is 2. The molecule has 1 aromatic heterocycles. The normalized spacial score (nSPS) is 16.8. The third-order valence-electron chi connectivity index (χ3n) is 5.73. The molecule has 1 aromatic carbocycles. The molecule has 194 valence electrons. The molecule has 1 amide bonds. The molecule has 0 N–H and O–H groups in total. The van der Waals surface area contributed by atoms with Gasteiger partial charge in [0, 0.05) is 16.8 Å². The Hall–Kier alpha value is -2.93. The third kappa shape index (κ3) is 5.89. The van der Waals surface area contributed by atoms with Gasteiger partial charge in [0.05, 0.1) is 11.2 Å². The van der Waals surface area contributed by atoms with Gasteiger partial charge in [-0.3, -0.25) is 4.90 Å². The maximum absolute atomic E-state index is 13.7. The first-order valence-electron chi connectivity index (χ1n) is 12.2. The molecular formula is C29H38N2O4S. The number of nitrogens with zero attached hydrogens (tertiary/aromatic N) is 2. The number of fused-ring (bicyclic) bond motifs is 3. The van der Waals surface area contributed by atoms with Crippen molar-refractivity contribution in [3.63, 3.8) is 0 Å². The van der Waals surface area contributed by atoms with Gasteiger partial charge < -0.3 is 9.47 Å². The summed E-state index contributed by atoms with van der Waals surface area (Å²) >= 11 is 1.65. The van der Waals surface area contributed by atoms with Crippen molar-refractivity contribution in [3.8, 4) is 0 Å². The molecule has 0 saturated heterocycles. The van der Waals surface area contributed by atoms with Crippen molar-refractivity contribution in [1.29, 1.82) is 0 Å². The molecule has 0 aliphatic carbocycles. The van der Waals surface area contributed by atoms with Crippen LogP contribution < -0.4 is 0 Å². The number of hydrogen-bond donors (Lipinski definition) is 0. The highest BCUT2D eigenvalue weighted by atomic mass is 32.2. The topological polar surface area (TPSA) is 60.8 Å². The average molecular weight is 511 g/mol. The average Bonchev–Trinajstić information content (AvgIpc) is 3.11. The molecule has 7 heteroatoms. The van der Waals surface area contributed by atoms with Crippen molar-refractivity contribution < 1.29 is 19.1 Å². The molecule has 2 heterocycles. The maximum atomic E-state index is 13.7. The van der Waals surface area contributed by atoms with Gasteiger partial charge in [0.1, 0.15) is 17.2 Å². The molecule has 6 nitrogen and oxygen atoms in total. The number of benzene rings is 1. The highest BCUT2D eigenvalue weighted by Crippen LogP contribution is 2.43. The zero-order chi connectivity index (χ0) is 26.8. The summed E-state index contributed by atoms with van der Waals surface area (Å²) in [4.78, 5) is 29.9. The second kappa shape index (κ2) is 10.6. The van der Waals surface area contributed by atoms with Crippen molar-refractivity contribution >= 4 is 34.9 Å². The Morgan fingerprint density at radius 2 is 1.72 bits per heavy atom. The molecular weight excluding hydrogens is 472 g/mol. The molecule has 1 aliphatic rings. The van der Waals surface area contributed by atoms with Crippen molar-refractivity contribution in [2.24, 2.45) is 0 Å². The first kappa shape index (κ1) is 27.7. The van der Waals surface area contributed by atoms with E-state index in [4.69, 9.17) is 9.47 Å². The summed E-state index contributed by atoms with van der Waals surface area (Å²) < 4.78 is 13.3. The number of thioether (sulfide) groups is 1. The van der Waals surface area contributed by atoms with Gasteiger partial charge in [-0.25, -0.2) is 14.2 Å². The van der Waals surface area contributed by atoms with Crippen molar-refractivity contribution in [2.45, 2.75) is 77.0 Å². The SMILES string of the molecule is C=C/C(=C\C=C/C)C1c2c(c3cc(SC)ccc3n2C(=O)OC(C)(C)C)CCN1C(=O)OC(C)(C)C. The largest absolute Gasteiger partial charge is 0.444 e. The van der Waals surface area contributed by atoms with Gasteiger partial charge in [-0.1, -0.05) is 30.9 Å². The van der Waals surface area contributed by atoms with E-state index in [0.29, 0.717) is 18.7 Å². The first-order valence-corrected chi connectivity index (χ1v) is 13.4. The summed E-state index contributed by atoms with van der Waals surface area (Å²) in [6.45, 7) is 17.5. The minimum atomic E-state index is -0.684. The second-order valence-corrected chi connectivity index (χ2v) is 11.7. The van der Waals surface area contributed by atoms with Gasteiger partial charge in [-0.2, -0.15) is 0 Å². The summed E-state index contributed by atoms with van der Waals surface area (Å²) in [6, 6.07) is 5.50. The van der Waals surface area contributed by atoms with Crippen LogP contribution in [0.1, 0.15) is 65.8 Å². The van der Waals surface area contributed by atoms with Gasteiger partial charge in [-0.15, -0.1) is 11.8 Å². The van der Waals surface area contributed by atoms with Crippen LogP contribution in [0.3, 0.4) is 0 Å². The van der Waals surface area contributed by atoms with Crippen LogP contribution in [0.4, 0.5) is 9.59 Å². The van der Waals surface area contributed by atoms with Crippen LogP contribution in [-0.2, 0) is 15.9 Å². The monoisotopic (exact) mass is 510 g/mol. The van der Waals surface area contributed by atoms with Crippen molar-refractivity contribution in [1.82, 2.24) is 9.47 Å². The predicted octanol–water partition coefficient (Wildman–Crippen LogP) is 7.67. The lowest BCUT2D eigenvalue weighted by atomic mass is 9.92. The third-order valence-corrected chi connectivity index (χ3v) is 6.46. The lowest BCUT2D eigenvalue weighted by Gasteiger charge is -2.38. The van der Waals surface area contributed by atoms with Crippen molar-refractivity contribution in [3.05, 3.63) is 65.9 Å². The molecule has 1 aliphatic heterocycles. The fourth-order valence-corrected chi connectivity index (χ4v) is 4.82. The number of hydrogen-bond acceptors (Lipinski definition) is 5. The molecule has 36 heavy (non-hydrogen) atoms. The quantitative estimate of drug-likeness (QED) is 0.312. The fourth-order valence-electron chi connectivity index (χ4n) is 4.38. The number of amides is 1. The molecule has 0 radical (unpaired) electrons. The molecule has 0 bridgehead atoms. The molecule has 2 aromatic rings. The van der Waals surface area contributed by atoms with Gasteiger partial charge >= 0.3 is 12.2 Å². The van der Waals surface area contributed by atoms with E-state index in [-0.39, 0.29) is 0 Å². The maximum Gasteiger partial charge on any atom is 0.419 e. The summed E-state index contributed by atoms with van der Waals surface area (Å²) in [6.07, 6.45) is 9.19. The number of aromatic nitrogens is 1. The standard InChI is InChI=1S/C29H38N2O4S/c1-10-12-13-19(11-2)24-25-21(16-17-30(24)26(32)34-28(3,4)5)22-18-20(36-9)14-15-23(22)31(25)27(33)35-29(6,7)8/h10-15,18,24H,2,16-17H2,1,3-9H3/b12-10-,19-13+. The van der Waals surface area contributed by atoms with Crippen LogP contribution in [-0.4, -0.2) is 45.7 Å². The van der Waals surface area contributed by atoms with E-state index in [9.17, 15) is 9.59 Å². The van der Waals surface area contributed by atoms with E-state index in [0.717, 1.165) is 26.9 Å². The summed E-state index contributed by atoms with van der Waals surface area (Å²) in [5, 5.41) is 0.992. The minimum absolute atomic E-state index is 0.433. The molecule has 3 rings (SSSR count). The van der Waals surface area contributed by atoms with E-state index in [1.807, 2.05) is 85.1 Å². The molecule has 0 spiro atoms. The van der Waals surface area contributed by atoms with E-state index in [2.05, 4.69) is 12.6 Å². The summed E-state index contributed by atoms with van der Waals surface area (Å²) in [7, 11) is 0.